The van der Waals surface area contributed by atoms with Crippen LogP contribution < -0.4 is 0 Å². The predicted molar refractivity (Wildman–Crippen MR) is 229 cm³/mol. The van der Waals surface area contributed by atoms with Crippen LogP contribution in [0, 0.1) is 0 Å². The van der Waals surface area contributed by atoms with Gasteiger partial charge in [-0.3, -0.25) is 0 Å². The Morgan fingerprint density at radius 3 is 1.50 bits per heavy atom. The number of rotatable bonds is 5. The topological polar surface area (TPSA) is 9.86 Å². The van der Waals surface area contributed by atoms with E-state index in [1.54, 1.807) is 0 Å². The second-order valence-electron chi connectivity index (χ2n) is 14.2. The third-order valence-electron chi connectivity index (χ3n) is 11.1. The van der Waals surface area contributed by atoms with Crippen LogP contribution in [0.15, 0.2) is 206 Å². The van der Waals surface area contributed by atoms with Crippen LogP contribution in [0.2, 0.25) is 0 Å². The minimum atomic E-state index is 1.15. The second-order valence-corrected chi connectivity index (χ2v) is 14.2. The Hall–Kier alpha value is -7.16. The van der Waals surface area contributed by atoms with Crippen molar-refractivity contribution < 1.29 is 0 Å². The van der Waals surface area contributed by atoms with Gasteiger partial charge in [-0.15, -0.1) is 0 Å². The van der Waals surface area contributed by atoms with E-state index in [1.165, 1.54) is 93.5 Å². The van der Waals surface area contributed by atoms with Gasteiger partial charge in [0.1, 0.15) is 0 Å². The Labute approximate surface area is 313 Å². The largest absolute Gasteiger partial charge is 0.309 e. The summed E-state index contributed by atoms with van der Waals surface area (Å²) in [5.41, 5.74) is 14.4. The average Bonchev–Trinajstić information content (AvgIpc) is 3.76. The van der Waals surface area contributed by atoms with Gasteiger partial charge < -0.3 is 9.13 Å². The summed E-state index contributed by atoms with van der Waals surface area (Å²) in [5, 5.41) is 7.50. The van der Waals surface area contributed by atoms with Crippen LogP contribution in [0.4, 0.5) is 0 Å². The van der Waals surface area contributed by atoms with Gasteiger partial charge in [-0.2, -0.15) is 0 Å². The summed E-state index contributed by atoms with van der Waals surface area (Å²) >= 11 is 0. The van der Waals surface area contributed by atoms with Gasteiger partial charge in [-0.1, -0.05) is 140 Å². The zero-order valence-corrected chi connectivity index (χ0v) is 29.5. The molecule has 0 fully saturated rings. The van der Waals surface area contributed by atoms with E-state index in [-0.39, 0.29) is 0 Å². The molecule has 252 valence electrons. The summed E-state index contributed by atoms with van der Waals surface area (Å²) in [6, 6.07) is 75.3. The summed E-state index contributed by atoms with van der Waals surface area (Å²) in [7, 11) is 0. The molecule has 0 saturated heterocycles. The Kier molecular flexibility index (Phi) is 6.90. The van der Waals surface area contributed by atoms with Gasteiger partial charge in [0.05, 0.1) is 22.1 Å². The first kappa shape index (κ1) is 30.5. The van der Waals surface area contributed by atoms with E-state index in [0.29, 0.717) is 0 Å². The van der Waals surface area contributed by atoms with Crippen LogP contribution in [0.1, 0.15) is 0 Å². The lowest BCUT2D eigenvalue weighted by molar-refractivity contribution is 1.18. The van der Waals surface area contributed by atoms with E-state index in [2.05, 4.69) is 215 Å². The molecule has 0 aliphatic rings. The van der Waals surface area contributed by atoms with Gasteiger partial charge in [-0.05, 0) is 111 Å². The standard InChI is InChI=1S/C52H34N2/c1-3-12-35(13-4-1)38-16-11-19-44(31-38)54-50-28-25-40(39-23-22-36-14-7-8-15-37(36)30-39)32-47(50)48-33-41(26-29-51(48)54)42-24-27-46-45-20-9-10-21-49(45)53(52(46)34-42)43-17-5-2-6-18-43/h1-34H. The molecular weight excluding hydrogens is 653 g/mol. The molecule has 2 aromatic heterocycles. The predicted octanol–water partition coefficient (Wildman–Crippen LogP) is 14.0. The van der Waals surface area contributed by atoms with Crippen molar-refractivity contribution in [3.05, 3.63) is 206 Å². The SMILES string of the molecule is c1ccc(-c2cccc(-n3c4ccc(-c5ccc6ccccc6c5)cc4c4cc(-c5ccc6c7ccccc7n(-c7ccccc7)c6c5)ccc43)c2)cc1. The zero-order valence-electron chi connectivity index (χ0n) is 29.5. The van der Waals surface area contributed by atoms with Crippen LogP contribution in [-0.4, -0.2) is 9.13 Å². The second kappa shape index (κ2) is 12.2. The highest BCUT2D eigenvalue weighted by molar-refractivity contribution is 6.13. The van der Waals surface area contributed by atoms with Crippen molar-refractivity contribution in [1.82, 2.24) is 9.13 Å². The molecule has 0 radical (unpaired) electrons. The lowest BCUT2D eigenvalue weighted by Crippen LogP contribution is -1.94. The van der Waals surface area contributed by atoms with E-state index in [4.69, 9.17) is 0 Å². The molecule has 0 amide bonds. The number of fused-ring (bicyclic) bond motifs is 7. The van der Waals surface area contributed by atoms with Gasteiger partial charge in [-0.25, -0.2) is 0 Å². The van der Waals surface area contributed by atoms with Crippen molar-refractivity contribution in [1.29, 1.82) is 0 Å². The molecule has 0 bridgehead atoms. The summed E-state index contributed by atoms with van der Waals surface area (Å²) in [6.45, 7) is 0. The van der Waals surface area contributed by atoms with E-state index in [1.807, 2.05) is 0 Å². The summed E-state index contributed by atoms with van der Waals surface area (Å²) in [5.74, 6) is 0. The Balaban J connectivity index is 1.14. The summed E-state index contributed by atoms with van der Waals surface area (Å²) in [6.07, 6.45) is 0. The van der Waals surface area contributed by atoms with Crippen molar-refractivity contribution in [2.75, 3.05) is 0 Å². The number of nitrogens with zero attached hydrogens (tertiary/aromatic N) is 2. The minimum Gasteiger partial charge on any atom is -0.309 e. The fourth-order valence-electron chi connectivity index (χ4n) is 8.49. The number of para-hydroxylation sites is 2. The van der Waals surface area contributed by atoms with Crippen LogP contribution in [0.5, 0.6) is 0 Å². The van der Waals surface area contributed by atoms with E-state index in [9.17, 15) is 0 Å². The maximum absolute atomic E-state index is 2.43. The average molecular weight is 687 g/mol. The highest BCUT2D eigenvalue weighted by Crippen LogP contribution is 2.40. The Morgan fingerprint density at radius 2 is 0.722 bits per heavy atom. The van der Waals surface area contributed by atoms with Crippen molar-refractivity contribution in [2.24, 2.45) is 0 Å². The van der Waals surface area contributed by atoms with E-state index in [0.717, 1.165) is 5.69 Å². The first-order valence-corrected chi connectivity index (χ1v) is 18.6. The highest BCUT2D eigenvalue weighted by Gasteiger charge is 2.17. The van der Waals surface area contributed by atoms with Gasteiger partial charge in [0.2, 0.25) is 0 Å². The molecule has 0 spiro atoms. The first-order valence-electron chi connectivity index (χ1n) is 18.6. The van der Waals surface area contributed by atoms with Crippen molar-refractivity contribution in [3.8, 4) is 44.8 Å². The van der Waals surface area contributed by atoms with Gasteiger partial charge >= 0.3 is 0 Å². The van der Waals surface area contributed by atoms with Crippen molar-refractivity contribution >= 4 is 54.4 Å². The molecule has 11 aromatic rings. The molecule has 0 N–H and O–H groups in total. The molecule has 0 atom stereocenters. The molecular formula is C52H34N2. The van der Waals surface area contributed by atoms with Crippen LogP contribution in [-0.2, 0) is 0 Å². The minimum absolute atomic E-state index is 1.15. The van der Waals surface area contributed by atoms with Gasteiger partial charge in [0, 0.05) is 32.9 Å². The number of hydrogen-bond acceptors (Lipinski definition) is 0. The maximum Gasteiger partial charge on any atom is 0.0547 e. The molecule has 2 nitrogen and oxygen atoms in total. The van der Waals surface area contributed by atoms with E-state index < -0.39 is 0 Å². The fraction of sp³-hybridized carbons (Fsp3) is 0. The highest BCUT2D eigenvalue weighted by atomic mass is 15.0. The molecule has 2 heteroatoms. The normalized spacial score (nSPS) is 11.7. The van der Waals surface area contributed by atoms with E-state index >= 15 is 0 Å². The van der Waals surface area contributed by atoms with Crippen LogP contribution >= 0.6 is 0 Å². The molecule has 0 aliphatic carbocycles. The molecule has 11 rings (SSSR count). The lowest BCUT2D eigenvalue weighted by Gasteiger charge is -2.11. The molecule has 2 heterocycles. The first-order chi connectivity index (χ1) is 26.8. The summed E-state index contributed by atoms with van der Waals surface area (Å²) in [4.78, 5) is 0. The van der Waals surface area contributed by atoms with Crippen molar-refractivity contribution in [3.63, 3.8) is 0 Å². The van der Waals surface area contributed by atoms with Crippen LogP contribution in [0.3, 0.4) is 0 Å². The monoisotopic (exact) mass is 686 g/mol. The third kappa shape index (κ3) is 4.88. The van der Waals surface area contributed by atoms with Gasteiger partial charge in [0.25, 0.3) is 0 Å². The molecule has 9 aromatic carbocycles. The molecule has 0 saturated carbocycles. The fourth-order valence-corrected chi connectivity index (χ4v) is 8.49. The maximum atomic E-state index is 2.43. The Morgan fingerprint density at radius 1 is 0.222 bits per heavy atom. The smallest absolute Gasteiger partial charge is 0.0547 e. The Bertz CT molecular complexity index is 3200. The molecule has 0 aliphatic heterocycles. The van der Waals surface area contributed by atoms with Gasteiger partial charge in [0.15, 0.2) is 0 Å². The van der Waals surface area contributed by atoms with Crippen molar-refractivity contribution in [2.45, 2.75) is 0 Å². The lowest BCUT2D eigenvalue weighted by atomic mass is 9.98. The zero-order chi connectivity index (χ0) is 35.6. The third-order valence-corrected chi connectivity index (χ3v) is 11.1. The van der Waals surface area contributed by atoms with Crippen LogP contribution in [0.25, 0.3) is 99.1 Å². The quantitative estimate of drug-likeness (QED) is 0.171. The summed E-state index contributed by atoms with van der Waals surface area (Å²) < 4.78 is 4.83. The number of benzene rings is 9. The molecule has 54 heavy (non-hydrogen) atoms. The molecule has 0 unspecified atom stereocenters. The number of hydrogen-bond donors (Lipinski definition) is 0. The number of aromatic nitrogens is 2.